The number of hydrogen-bond donors (Lipinski definition) is 0. The second-order valence-electron chi connectivity index (χ2n) is 3.18. The SMILES string of the molecule is CC(=O)c1cnc2c(F)ccc(C)n12. The highest BCUT2D eigenvalue weighted by atomic mass is 19.1. The zero-order valence-corrected chi connectivity index (χ0v) is 7.91. The van der Waals surface area contributed by atoms with E-state index < -0.39 is 5.82 Å². The van der Waals surface area contributed by atoms with Crippen molar-refractivity contribution in [1.29, 1.82) is 0 Å². The number of carbonyl (C=O) groups is 1. The largest absolute Gasteiger partial charge is 0.293 e. The van der Waals surface area contributed by atoms with Crippen LogP contribution in [0.3, 0.4) is 0 Å². The first-order valence-electron chi connectivity index (χ1n) is 4.25. The van der Waals surface area contributed by atoms with Crippen molar-refractivity contribution in [3.63, 3.8) is 0 Å². The van der Waals surface area contributed by atoms with Crippen molar-refractivity contribution >= 4 is 11.4 Å². The molecule has 0 unspecified atom stereocenters. The summed E-state index contributed by atoms with van der Waals surface area (Å²) >= 11 is 0. The molecule has 14 heavy (non-hydrogen) atoms. The molecule has 2 rings (SSSR count). The molecule has 0 amide bonds. The maximum atomic E-state index is 13.2. The molecule has 0 fully saturated rings. The monoisotopic (exact) mass is 192 g/mol. The molecule has 0 radical (unpaired) electrons. The lowest BCUT2D eigenvalue weighted by molar-refractivity contribution is 0.101. The highest BCUT2D eigenvalue weighted by Gasteiger charge is 2.11. The molecule has 0 aliphatic rings. The maximum Gasteiger partial charge on any atom is 0.178 e. The van der Waals surface area contributed by atoms with E-state index in [1.165, 1.54) is 23.6 Å². The van der Waals surface area contributed by atoms with E-state index >= 15 is 0 Å². The van der Waals surface area contributed by atoms with Crippen LogP contribution in [0.15, 0.2) is 18.3 Å². The van der Waals surface area contributed by atoms with E-state index in [-0.39, 0.29) is 11.4 Å². The first kappa shape index (κ1) is 8.87. The van der Waals surface area contributed by atoms with Crippen LogP contribution in [0.4, 0.5) is 4.39 Å². The Morgan fingerprint density at radius 2 is 2.21 bits per heavy atom. The molecule has 2 aromatic rings. The van der Waals surface area contributed by atoms with Gasteiger partial charge < -0.3 is 0 Å². The highest BCUT2D eigenvalue weighted by molar-refractivity contribution is 5.93. The average Bonchev–Trinajstić information content (AvgIpc) is 2.56. The van der Waals surface area contributed by atoms with E-state index in [1.807, 2.05) is 0 Å². The molecule has 0 aliphatic heterocycles. The second kappa shape index (κ2) is 2.90. The lowest BCUT2D eigenvalue weighted by Crippen LogP contribution is -2.02. The van der Waals surface area contributed by atoms with Gasteiger partial charge in [0, 0.05) is 12.6 Å². The standard InChI is InChI=1S/C10H9FN2O/c1-6-3-4-8(11)10-12-5-9(7(2)14)13(6)10/h3-5H,1-2H3. The fraction of sp³-hybridized carbons (Fsp3) is 0.200. The molecule has 72 valence electrons. The number of rotatable bonds is 1. The third-order valence-corrected chi connectivity index (χ3v) is 2.16. The summed E-state index contributed by atoms with van der Waals surface area (Å²) in [6, 6.07) is 2.97. The Hall–Kier alpha value is -1.71. The topological polar surface area (TPSA) is 34.4 Å². The zero-order valence-electron chi connectivity index (χ0n) is 7.91. The molecule has 3 nitrogen and oxygen atoms in total. The Morgan fingerprint density at radius 1 is 1.50 bits per heavy atom. The minimum atomic E-state index is -0.414. The van der Waals surface area contributed by atoms with E-state index in [4.69, 9.17) is 0 Å². The Balaban J connectivity index is 2.90. The number of Topliss-reactive ketones (excluding diaryl/α,β-unsaturated/α-hetero) is 1. The van der Waals surface area contributed by atoms with Crippen molar-refractivity contribution in [3.8, 4) is 0 Å². The highest BCUT2D eigenvalue weighted by Crippen LogP contribution is 2.14. The molecular formula is C10H9FN2O. The first-order chi connectivity index (χ1) is 6.61. The summed E-state index contributed by atoms with van der Waals surface area (Å²) < 4.78 is 14.8. The fourth-order valence-electron chi connectivity index (χ4n) is 1.47. The number of nitrogens with zero attached hydrogens (tertiary/aromatic N) is 2. The summed E-state index contributed by atoms with van der Waals surface area (Å²) in [6.45, 7) is 3.24. The van der Waals surface area contributed by atoms with Gasteiger partial charge in [-0.15, -0.1) is 0 Å². The van der Waals surface area contributed by atoms with Crippen molar-refractivity contribution < 1.29 is 9.18 Å². The number of imidazole rings is 1. The molecule has 0 saturated heterocycles. The second-order valence-corrected chi connectivity index (χ2v) is 3.18. The molecule has 0 aromatic carbocycles. The smallest absolute Gasteiger partial charge is 0.178 e. The van der Waals surface area contributed by atoms with Gasteiger partial charge in [-0.2, -0.15) is 0 Å². The Morgan fingerprint density at radius 3 is 2.86 bits per heavy atom. The minimum absolute atomic E-state index is 0.119. The zero-order chi connectivity index (χ0) is 10.3. The van der Waals surface area contributed by atoms with Gasteiger partial charge in [-0.1, -0.05) is 0 Å². The van der Waals surface area contributed by atoms with E-state index in [0.717, 1.165) is 5.69 Å². The molecule has 0 aliphatic carbocycles. The molecular weight excluding hydrogens is 183 g/mol. The molecule has 0 bridgehead atoms. The summed E-state index contributed by atoms with van der Waals surface area (Å²) in [4.78, 5) is 15.1. The lowest BCUT2D eigenvalue weighted by atomic mass is 10.3. The number of pyridine rings is 1. The molecule has 4 heteroatoms. The minimum Gasteiger partial charge on any atom is -0.293 e. The van der Waals surface area contributed by atoms with Crippen LogP contribution in [-0.4, -0.2) is 15.2 Å². The molecule has 0 spiro atoms. The molecule has 0 saturated carbocycles. The summed E-state index contributed by atoms with van der Waals surface area (Å²) in [6.07, 6.45) is 1.40. The van der Waals surface area contributed by atoms with Crippen LogP contribution in [0.1, 0.15) is 23.1 Å². The van der Waals surface area contributed by atoms with Crippen molar-refractivity contribution in [1.82, 2.24) is 9.38 Å². The first-order valence-corrected chi connectivity index (χ1v) is 4.25. The summed E-state index contributed by atoms with van der Waals surface area (Å²) in [7, 11) is 0. The van der Waals surface area contributed by atoms with Crippen LogP contribution < -0.4 is 0 Å². The molecule has 0 atom stereocenters. The van der Waals surface area contributed by atoms with Gasteiger partial charge in [0.05, 0.1) is 6.20 Å². The average molecular weight is 192 g/mol. The Labute approximate surface area is 80.2 Å². The third kappa shape index (κ3) is 1.11. The van der Waals surface area contributed by atoms with Gasteiger partial charge in [0.15, 0.2) is 17.2 Å². The van der Waals surface area contributed by atoms with Crippen LogP contribution >= 0.6 is 0 Å². The van der Waals surface area contributed by atoms with E-state index in [0.29, 0.717) is 5.69 Å². The number of ketones is 1. The van der Waals surface area contributed by atoms with Gasteiger partial charge in [-0.25, -0.2) is 9.37 Å². The van der Waals surface area contributed by atoms with Gasteiger partial charge >= 0.3 is 0 Å². The summed E-state index contributed by atoms with van der Waals surface area (Å²) in [5.74, 6) is -0.533. The molecule has 0 N–H and O–H groups in total. The quantitative estimate of drug-likeness (QED) is 0.647. The summed E-state index contributed by atoms with van der Waals surface area (Å²) in [5.41, 5.74) is 1.41. The van der Waals surface area contributed by atoms with Crippen LogP contribution in [0, 0.1) is 12.7 Å². The predicted molar refractivity (Wildman–Crippen MR) is 49.9 cm³/mol. The summed E-state index contributed by atoms with van der Waals surface area (Å²) in [5, 5.41) is 0. The van der Waals surface area contributed by atoms with E-state index in [2.05, 4.69) is 4.98 Å². The Kier molecular flexibility index (Phi) is 1.84. The predicted octanol–water partition coefficient (Wildman–Crippen LogP) is 1.98. The van der Waals surface area contributed by atoms with Gasteiger partial charge in [0.1, 0.15) is 5.69 Å². The molecule has 2 heterocycles. The van der Waals surface area contributed by atoms with Gasteiger partial charge in [0.25, 0.3) is 0 Å². The third-order valence-electron chi connectivity index (χ3n) is 2.16. The van der Waals surface area contributed by atoms with Crippen molar-refractivity contribution in [3.05, 3.63) is 35.5 Å². The number of fused-ring (bicyclic) bond motifs is 1. The van der Waals surface area contributed by atoms with Crippen LogP contribution in [0.25, 0.3) is 5.65 Å². The van der Waals surface area contributed by atoms with Gasteiger partial charge in [-0.3, -0.25) is 9.20 Å². The Bertz CT molecular complexity index is 516. The number of aryl methyl sites for hydroxylation is 1. The lowest BCUT2D eigenvalue weighted by Gasteiger charge is -2.02. The van der Waals surface area contributed by atoms with Gasteiger partial charge in [-0.05, 0) is 19.1 Å². The number of aromatic nitrogens is 2. The van der Waals surface area contributed by atoms with E-state index in [9.17, 15) is 9.18 Å². The van der Waals surface area contributed by atoms with Crippen LogP contribution in [-0.2, 0) is 0 Å². The van der Waals surface area contributed by atoms with Gasteiger partial charge in [0.2, 0.25) is 0 Å². The number of carbonyl (C=O) groups excluding carboxylic acids is 1. The number of halogens is 1. The maximum absolute atomic E-state index is 13.2. The van der Waals surface area contributed by atoms with Crippen molar-refractivity contribution in [2.75, 3.05) is 0 Å². The van der Waals surface area contributed by atoms with Crippen LogP contribution in [0.2, 0.25) is 0 Å². The fourth-order valence-corrected chi connectivity index (χ4v) is 1.47. The van der Waals surface area contributed by atoms with Crippen molar-refractivity contribution in [2.45, 2.75) is 13.8 Å². The van der Waals surface area contributed by atoms with E-state index in [1.54, 1.807) is 13.0 Å². The normalized spacial score (nSPS) is 10.8. The molecule has 2 aromatic heterocycles. The van der Waals surface area contributed by atoms with Crippen LogP contribution in [0.5, 0.6) is 0 Å². The van der Waals surface area contributed by atoms with Crippen molar-refractivity contribution in [2.24, 2.45) is 0 Å². The number of hydrogen-bond acceptors (Lipinski definition) is 2.